The molecule has 0 aromatic carbocycles. The zero-order valence-electron chi connectivity index (χ0n) is 7.95. The van der Waals surface area contributed by atoms with Crippen LogP contribution in [0.15, 0.2) is 24.4 Å². The van der Waals surface area contributed by atoms with Crippen LogP contribution >= 0.6 is 0 Å². The van der Waals surface area contributed by atoms with E-state index in [4.69, 9.17) is 9.84 Å². The number of hydrogen-bond donors (Lipinski definition) is 2. The molecule has 0 aromatic rings. The lowest BCUT2D eigenvalue weighted by molar-refractivity contribution is -0.138. The quantitative estimate of drug-likeness (QED) is 0.365. The smallest absolute Gasteiger partial charge is 0.333 e. The molecular weight excluding hydrogens is 186 g/mol. The van der Waals surface area contributed by atoms with E-state index in [-0.39, 0.29) is 6.61 Å². The van der Waals surface area contributed by atoms with E-state index in [1.165, 1.54) is 6.20 Å². The number of rotatable bonds is 6. The summed E-state index contributed by atoms with van der Waals surface area (Å²) in [5.74, 6) is -1.48. The third kappa shape index (κ3) is 6.90. The van der Waals surface area contributed by atoms with Crippen molar-refractivity contribution in [3.05, 3.63) is 24.4 Å². The summed E-state index contributed by atoms with van der Waals surface area (Å²) in [5.41, 5.74) is 0.339. The predicted molar refractivity (Wildman–Crippen MR) is 50.6 cm³/mol. The molecule has 5 nitrogen and oxygen atoms in total. The van der Waals surface area contributed by atoms with Crippen LogP contribution in [-0.2, 0) is 14.3 Å². The summed E-state index contributed by atoms with van der Waals surface area (Å²) in [6.07, 6.45) is 2.23. The fraction of sp³-hybridized carbons (Fsp3) is 0.333. The van der Waals surface area contributed by atoms with Gasteiger partial charge in [0.25, 0.3) is 0 Å². The Morgan fingerprint density at radius 1 is 1.57 bits per heavy atom. The Kier molecular flexibility index (Phi) is 5.85. The first kappa shape index (κ1) is 12.2. The van der Waals surface area contributed by atoms with Gasteiger partial charge in [-0.25, -0.2) is 9.59 Å². The van der Waals surface area contributed by atoms with Crippen LogP contribution in [0.5, 0.6) is 0 Å². The van der Waals surface area contributed by atoms with Gasteiger partial charge in [-0.1, -0.05) is 6.58 Å². The first-order valence-electron chi connectivity index (χ1n) is 3.99. The van der Waals surface area contributed by atoms with Crippen LogP contribution in [0, 0.1) is 0 Å². The molecule has 0 heterocycles. The van der Waals surface area contributed by atoms with Crippen LogP contribution in [0.1, 0.15) is 6.92 Å². The summed E-state index contributed by atoms with van der Waals surface area (Å²) in [6, 6.07) is 0. The van der Waals surface area contributed by atoms with E-state index < -0.39 is 11.9 Å². The lowest BCUT2D eigenvalue weighted by Crippen LogP contribution is -2.17. The van der Waals surface area contributed by atoms with E-state index in [0.29, 0.717) is 12.1 Å². The minimum Gasteiger partial charge on any atom is -0.478 e. The van der Waals surface area contributed by atoms with Gasteiger partial charge in [0.05, 0.1) is 0 Å². The monoisotopic (exact) mass is 199 g/mol. The van der Waals surface area contributed by atoms with Crippen LogP contribution < -0.4 is 5.32 Å². The summed E-state index contributed by atoms with van der Waals surface area (Å²) in [4.78, 5) is 20.8. The molecule has 0 unspecified atom stereocenters. The first-order chi connectivity index (χ1) is 6.54. The van der Waals surface area contributed by atoms with Crippen molar-refractivity contribution in [1.29, 1.82) is 0 Å². The molecule has 5 heteroatoms. The van der Waals surface area contributed by atoms with E-state index in [0.717, 1.165) is 6.08 Å². The number of nitrogens with one attached hydrogen (secondary N) is 1. The van der Waals surface area contributed by atoms with Crippen LogP contribution in [0.25, 0.3) is 0 Å². The Hall–Kier alpha value is -1.78. The molecule has 0 fully saturated rings. The number of carboxylic acid groups (broad SMARTS) is 1. The van der Waals surface area contributed by atoms with Gasteiger partial charge in [0.15, 0.2) is 0 Å². The van der Waals surface area contributed by atoms with Crippen LogP contribution in [-0.4, -0.2) is 30.2 Å². The van der Waals surface area contributed by atoms with Crippen molar-refractivity contribution in [2.45, 2.75) is 6.92 Å². The third-order valence-corrected chi connectivity index (χ3v) is 1.17. The minimum absolute atomic E-state index is 0.176. The van der Waals surface area contributed by atoms with Crippen molar-refractivity contribution in [2.24, 2.45) is 0 Å². The maximum Gasteiger partial charge on any atom is 0.333 e. The van der Waals surface area contributed by atoms with Gasteiger partial charge in [-0.05, 0) is 6.92 Å². The van der Waals surface area contributed by atoms with E-state index in [1.54, 1.807) is 6.92 Å². The SMILES string of the molecule is C=C(C)C(=O)OCCNC=CC(=O)O. The summed E-state index contributed by atoms with van der Waals surface area (Å²) in [7, 11) is 0. The van der Waals surface area contributed by atoms with Crippen molar-refractivity contribution in [3.8, 4) is 0 Å². The lowest BCUT2D eigenvalue weighted by Gasteiger charge is -2.03. The largest absolute Gasteiger partial charge is 0.478 e. The number of ether oxygens (including phenoxy) is 1. The lowest BCUT2D eigenvalue weighted by atomic mass is 10.4. The third-order valence-electron chi connectivity index (χ3n) is 1.17. The Labute approximate surface area is 82.1 Å². The molecule has 0 saturated heterocycles. The molecule has 0 radical (unpaired) electrons. The average molecular weight is 199 g/mol. The highest BCUT2D eigenvalue weighted by Gasteiger charge is 2.00. The highest BCUT2D eigenvalue weighted by atomic mass is 16.5. The Morgan fingerprint density at radius 2 is 2.21 bits per heavy atom. The summed E-state index contributed by atoms with van der Waals surface area (Å²) < 4.78 is 4.73. The van der Waals surface area contributed by atoms with Gasteiger partial charge in [-0.3, -0.25) is 0 Å². The molecule has 14 heavy (non-hydrogen) atoms. The number of aliphatic carboxylic acids is 1. The average Bonchev–Trinajstić information content (AvgIpc) is 2.09. The van der Waals surface area contributed by atoms with Gasteiger partial charge in [0.2, 0.25) is 0 Å². The number of carbonyl (C=O) groups excluding carboxylic acids is 1. The molecule has 2 N–H and O–H groups in total. The van der Waals surface area contributed by atoms with Crippen LogP contribution in [0.4, 0.5) is 0 Å². The number of hydrogen-bond acceptors (Lipinski definition) is 4. The van der Waals surface area contributed by atoms with Gasteiger partial charge in [-0.15, -0.1) is 0 Å². The highest BCUT2D eigenvalue weighted by Crippen LogP contribution is 1.90. The Balaban J connectivity index is 3.43. The molecule has 0 amide bonds. The number of carboxylic acids is 1. The van der Waals surface area contributed by atoms with Crippen molar-refractivity contribution in [1.82, 2.24) is 5.32 Å². The predicted octanol–water partition coefficient (Wildman–Crippen LogP) is 0.294. The van der Waals surface area contributed by atoms with Crippen molar-refractivity contribution in [3.63, 3.8) is 0 Å². The molecule has 0 aromatic heterocycles. The van der Waals surface area contributed by atoms with Crippen LogP contribution in [0.3, 0.4) is 0 Å². The topological polar surface area (TPSA) is 75.6 Å². The minimum atomic E-state index is -1.03. The van der Waals surface area contributed by atoms with E-state index in [1.807, 2.05) is 0 Å². The number of esters is 1. The zero-order valence-corrected chi connectivity index (χ0v) is 7.95. The van der Waals surface area contributed by atoms with Crippen LogP contribution in [0.2, 0.25) is 0 Å². The van der Waals surface area contributed by atoms with E-state index in [9.17, 15) is 9.59 Å². The maximum absolute atomic E-state index is 10.8. The fourth-order valence-corrected chi connectivity index (χ4v) is 0.539. The molecule has 0 atom stereocenters. The number of carbonyl (C=O) groups is 2. The molecule has 78 valence electrons. The van der Waals surface area contributed by atoms with Crippen molar-refractivity contribution >= 4 is 11.9 Å². The molecule has 0 bridgehead atoms. The van der Waals surface area contributed by atoms with Gasteiger partial charge in [0, 0.05) is 24.4 Å². The molecule has 0 saturated carbocycles. The maximum atomic E-state index is 10.8. The Bertz CT molecular complexity index is 258. The fourth-order valence-electron chi connectivity index (χ4n) is 0.539. The first-order valence-corrected chi connectivity index (χ1v) is 3.99. The van der Waals surface area contributed by atoms with Gasteiger partial charge in [-0.2, -0.15) is 0 Å². The molecule has 0 spiro atoms. The van der Waals surface area contributed by atoms with Gasteiger partial charge in [0.1, 0.15) is 6.61 Å². The summed E-state index contributed by atoms with van der Waals surface area (Å²) >= 11 is 0. The highest BCUT2D eigenvalue weighted by molar-refractivity contribution is 5.86. The van der Waals surface area contributed by atoms with Gasteiger partial charge >= 0.3 is 11.9 Å². The van der Waals surface area contributed by atoms with E-state index in [2.05, 4.69) is 11.9 Å². The normalized spacial score (nSPS) is 9.79. The summed E-state index contributed by atoms with van der Waals surface area (Å²) in [6.45, 7) is 5.50. The second kappa shape index (κ2) is 6.71. The van der Waals surface area contributed by atoms with Gasteiger partial charge < -0.3 is 15.2 Å². The standard InChI is InChI=1S/C9H13NO4/c1-7(2)9(13)14-6-5-10-4-3-8(11)12/h3-4,10H,1,5-6H2,2H3,(H,11,12). The molecular formula is C9H13NO4. The molecule has 0 aliphatic rings. The Morgan fingerprint density at radius 3 is 2.71 bits per heavy atom. The summed E-state index contributed by atoms with van der Waals surface area (Å²) in [5, 5.41) is 10.8. The van der Waals surface area contributed by atoms with Crippen molar-refractivity contribution < 1.29 is 19.4 Å². The second-order valence-corrected chi connectivity index (χ2v) is 2.54. The van der Waals surface area contributed by atoms with E-state index >= 15 is 0 Å². The molecule has 0 aliphatic heterocycles. The molecule has 0 aliphatic carbocycles. The zero-order chi connectivity index (χ0) is 11.0. The van der Waals surface area contributed by atoms with Crippen molar-refractivity contribution in [2.75, 3.05) is 13.2 Å². The molecule has 0 rings (SSSR count). The second-order valence-electron chi connectivity index (χ2n) is 2.54.